The maximum absolute atomic E-state index is 6.81. The summed E-state index contributed by atoms with van der Waals surface area (Å²) in [4.78, 5) is 4.41. The first-order valence-electron chi connectivity index (χ1n) is 5.72. The van der Waals surface area contributed by atoms with E-state index in [1.807, 2.05) is 18.2 Å². The molecular formula is C14H20N2O. The second-order valence-corrected chi connectivity index (χ2v) is 5.12. The van der Waals surface area contributed by atoms with Gasteiger partial charge in [0.05, 0.1) is 0 Å². The molecule has 0 aliphatic heterocycles. The minimum absolute atomic E-state index is 0.180. The fourth-order valence-corrected chi connectivity index (χ4v) is 1.53. The van der Waals surface area contributed by atoms with Crippen LogP contribution in [0.5, 0.6) is 0 Å². The van der Waals surface area contributed by atoms with Crippen LogP contribution in [0.4, 0.5) is 0 Å². The first kappa shape index (κ1) is 13.4. The summed E-state index contributed by atoms with van der Waals surface area (Å²) in [6.07, 6.45) is 1.81. The summed E-state index contributed by atoms with van der Waals surface area (Å²) in [7, 11) is 0. The SMILES string of the molecule is CC(C)(C)CC(=NCOC=N)c1ccccc1. The highest BCUT2D eigenvalue weighted by Gasteiger charge is 2.15. The summed E-state index contributed by atoms with van der Waals surface area (Å²) in [5.74, 6) is 0. The van der Waals surface area contributed by atoms with Gasteiger partial charge in [-0.2, -0.15) is 0 Å². The average molecular weight is 232 g/mol. The molecule has 0 aromatic heterocycles. The number of rotatable bonds is 5. The summed E-state index contributed by atoms with van der Waals surface area (Å²) >= 11 is 0. The number of hydrogen-bond donors (Lipinski definition) is 1. The Labute approximate surface area is 103 Å². The van der Waals surface area contributed by atoms with Gasteiger partial charge in [0.15, 0.2) is 13.1 Å². The van der Waals surface area contributed by atoms with Crippen molar-refractivity contribution in [1.82, 2.24) is 0 Å². The number of benzene rings is 1. The lowest BCUT2D eigenvalue weighted by atomic mass is 9.87. The molecule has 0 fully saturated rings. The zero-order valence-electron chi connectivity index (χ0n) is 10.7. The van der Waals surface area contributed by atoms with Crippen molar-refractivity contribution in [3.63, 3.8) is 0 Å². The minimum Gasteiger partial charge on any atom is -0.461 e. The summed E-state index contributed by atoms with van der Waals surface area (Å²) in [6, 6.07) is 10.1. The van der Waals surface area contributed by atoms with E-state index < -0.39 is 0 Å². The van der Waals surface area contributed by atoms with Gasteiger partial charge in [0.2, 0.25) is 0 Å². The van der Waals surface area contributed by atoms with Gasteiger partial charge in [-0.15, -0.1) is 0 Å². The molecule has 0 heterocycles. The van der Waals surface area contributed by atoms with Crippen LogP contribution in [0.1, 0.15) is 32.8 Å². The number of aliphatic imine (C=N–C) groups is 1. The summed E-state index contributed by atoms with van der Waals surface area (Å²) < 4.78 is 4.85. The quantitative estimate of drug-likeness (QED) is 0.471. The van der Waals surface area contributed by atoms with Crippen molar-refractivity contribution in [2.24, 2.45) is 10.4 Å². The maximum atomic E-state index is 6.81. The molecule has 1 N–H and O–H groups in total. The molecule has 0 unspecified atom stereocenters. The fraction of sp³-hybridized carbons (Fsp3) is 0.429. The van der Waals surface area contributed by atoms with Gasteiger partial charge in [0, 0.05) is 5.71 Å². The van der Waals surface area contributed by atoms with Crippen LogP contribution in [-0.4, -0.2) is 18.8 Å². The largest absolute Gasteiger partial charge is 0.461 e. The van der Waals surface area contributed by atoms with Crippen LogP contribution in [0.3, 0.4) is 0 Å². The number of nitrogens with zero attached hydrogens (tertiary/aromatic N) is 1. The third-order valence-electron chi connectivity index (χ3n) is 2.22. The molecule has 17 heavy (non-hydrogen) atoms. The molecule has 92 valence electrons. The highest BCUT2D eigenvalue weighted by atomic mass is 16.5. The Morgan fingerprint density at radius 3 is 2.47 bits per heavy atom. The van der Waals surface area contributed by atoms with Gasteiger partial charge in [0.1, 0.15) is 0 Å². The molecule has 3 heteroatoms. The Kier molecular flexibility index (Phi) is 4.88. The number of hydrogen-bond acceptors (Lipinski definition) is 3. The highest BCUT2D eigenvalue weighted by Crippen LogP contribution is 2.22. The van der Waals surface area contributed by atoms with E-state index in [-0.39, 0.29) is 12.1 Å². The van der Waals surface area contributed by atoms with Gasteiger partial charge in [-0.25, -0.2) is 4.99 Å². The summed E-state index contributed by atoms with van der Waals surface area (Å²) in [5.41, 5.74) is 2.33. The van der Waals surface area contributed by atoms with Crippen LogP contribution in [-0.2, 0) is 4.74 Å². The lowest BCUT2D eigenvalue weighted by Gasteiger charge is -2.19. The summed E-state index contributed by atoms with van der Waals surface area (Å²) in [5, 5.41) is 6.81. The molecule has 0 atom stereocenters. The van der Waals surface area contributed by atoms with Crippen molar-refractivity contribution in [3.8, 4) is 0 Å². The van der Waals surface area contributed by atoms with Crippen molar-refractivity contribution >= 4 is 12.1 Å². The van der Waals surface area contributed by atoms with Gasteiger partial charge in [0.25, 0.3) is 0 Å². The third kappa shape index (κ3) is 5.29. The topological polar surface area (TPSA) is 45.4 Å². The normalized spacial score (nSPS) is 12.3. The Bertz CT molecular complexity index is 377. The molecule has 0 saturated carbocycles. The van der Waals surface area contributed by atoms with E-state index in [0.29, 0.717) is 0 Å². The Morgan fingerprint density at radius 1 is 1.29 bits per heavy atom. The number of nitrogens with one attached hydrogen (secondary N) is 1. The van der Waals surface area contributed by atoms with E-state index in [0.717, 1.165) is 24.1 Å². The molecule has 0 aliphatic carbocycles. The van der Waals surface area contributed by atoms with Gasteiger partial charge < -0.3 is 4.74 Å². The predicted octanol–water partition coefficient (Wildman–Crippen LogP) is 3.49. The van der Waals surface area contributed by atoms with Gasteiger partial charge in [-0.3, -0.25) is 5.41 Å². The molecule has 0 amide bonds. The molecule has 0 aliphatic rings. The molecule has 1 aromatic carbocycles. The molecule has 0 radical (unpaired) electrons. The fourth-order valence-electron chi connectivity index (χ4n) is 1.53. The van der Waals surface area contributed by atoms with Crippen LogP contribution < -0.4 is 0 Å². The first-order chi connectivity index (χ1) is 8.03. The molecular weight excluding hydrogens is 212 g/mol. The standard InChI is InChI=1S/C14H20N2O/c1-14(2,3)9-13(16-11-17-10-15)12-7-5-4-6-8-12/h4-8,10,15H,9,11H2,1-3H3. The maximum Gasteiger partial charge on any atom is 0.180 e. The van der Waals surface area contributed by atoms with E-state index in [4.69, 9.17) is 10.1 Å². The van der Waals surface area contributed by atoms with Crippen LogP contribution in [0, 0.1) is 10.8 Å². The average Bonchev–Trinajstić information content (AvgIpc) is 2.28. The Balaban J connectivity index is 2.86. The zero-order valence-corrected chi connectivity index (χ0v) is 10.7. The predicted molar refractivity (Wildman–Crippen MR) is 71.8 cm³/mol. The zero-order chi connectivity index (χ0) is 12.7. The smallest absolute Gasteiger partial charge is 0.180 e. The Morgan fingerprint density at radius 2 is 1.94 bits per heavy atom. The van der Waals surface area contributed by atoms with Crippen molar-refractivity contribution in [3.05, 3.63) is 35.9 Å². The minimum atomic E-state index is 0.180. The highest BCUT2D eigenvalue weighted by molar-refractivity contribution is 6.00. The lowest BCUT2D eigenvalue weighted by molar-refractivity contribution is 0.330. The molecule has 1 rings (SSSR count). The van der Waals surface area contributed by atoms with Gasteiger partial charge in [-0.05, 0) is 17.4 Å². The van der Waals surface area contributed by atoms with Gasteiger partial charge >= 0.3 is 0 Å². The molecule has 0 bridgehead atoms. The first-order valence-corrected chi connectivity index (χ1v) is 5.72. The molecule has 3 nitrogen and oxygen atoms in total. The van der Waals surface area contributed by atoms with Crippen LogP contribution in [0.15, 0.2) is 35.3 Å². The number of ether oxygens (including phenoxy) is 1. The molecule has 0 saturated heterocycles. The summed E-state index contributed by atoms with van der Waals surface area (Å²) in [6.45, 7) is 6.76. The molecule has 0 spiro atoms. The third-order valence-corrected chi connectivity index (χ3v) is 2.22. The van der Waals surface area contributed by atoms with E-state index in [1.165, 1.54) is 0 Å². The monoisotopic (exact) mass is 232 g/mol. The molecule has 1 aromatic rings. The van der Waals surface area contributed by atoms with Crippen molar-refractivity contribution < 1.29 is 4.74 Å². The van der Waals surface area contributed by atoms with Crippen molar-refractivity contribution in [2.75, 3.05) is 6.73 Å². The van der Waals surface area contributed by atoms with E-state index in [9.17, 15) is 0 Å². The Hall–Kier alpha value is -1.64. The van der Waals surface area contributed by atoms with Crippen molar-refractivity contribution in [2.45, 2.75) is 27.2 Å². The van der Waals surface area contributed by atoms with E-state index in [1.54, 1.807) is 0 Å². The van der Waals surface area contributed by atoms with Crippen molar-refractivity contribution in [1.29, 1.82) is 5.41 Å². The van der Waals surface area contributed by atoms with Gasteiger partial charge in [-0.1, -0.05) is 51.1 Å². The van der Waals surface area contributed by atoms with Crippen LogP contribution >= 0.6 is 0 Å². The van der Waals surface area contributed by atoms with Crippen LogP contribution in [0.25, 0.3) is 0 Å². The van der Waals surface area contributed by atoms with E-state index in [2.05, 4.69) is 37.9 Å². The lowest BCUT2D eigenvalue weighted by Crippen LogP contribution is -2.15. The van der Waals surface area contributed by atoms with Crippen LogP contribution in [0.2, 0.25) is 0 Å². The second kappa shape index (κ2) is 6.18. The second-order valence-electron chi connectivity index (χ2n) is 5.12. The van der Waals surface area contributed by atoms with E-state index >= 15 is 0 Å².